The van der Waals surface area contributed by atoms with E-state index in [9.17, 15) is 10.2 Å². The molecule has 0 amide bonds. The Kier molecular flexibility index (Phi) is 3.31. The summed E-state index contributed by atoms with van der Waals surface area (Å²) in [6, 6.07) is 0. The third kappa shape index (κ3) is 1.72. The number of ether oxygens (including phenoxy) is 1. The van der Waals surface area contributed by atoms with Crippen molar-refractivity contribution in [2.24, 2.45) is 0 Å². The Balaban J connectivity index is 2.58. The maximum absolute atomic E-state index is 9.26. The van der Waals surface area contributed by atoms with Crippen LogP contribution in [0.25, 0.3) is 0 Å². The molecular weight excluding hydrogens is 184 g/mol. The van der Waals surface area contributed by atoms with Gasteiger partial charge in [0.2, 0.25) is 0 Å². The number of rotatable bonds is 2. The van der Waals surface area contributed by atoms with Crippen LogP contribution in [0.1, 0.15) is 0 Å². The highest BCUT2D eigenvalue weighted by atomic mass is 35.5. The van der Waals surface area contributed by atoms with Crippen LogP contribution in [-0.2, 0) is 4.74 Å². The van der Waals surface area contributed by atoms with Crippen LogP contribution in [0.4, 0.5) is 0 Å². The molecule has 0 aromatic carbocycles. The zero-order chi connectivity index (χ0) is 9.30. The van der Waals surface area contributed by atoms with E-state index in [1.807, 2.05) is 0 Å². The van der Waals surface area contributed by atoms with Crippen molar-refractivity contribution in [3.8, 4) is 0 Å². The molecule has 1 rings (SSSR count). The second kappa shape index (κ2) is 3.89. The number of alkyl halides is 1. The van der Waals surface area contributed by atoms with Crippen molar-refractivity contribution >= 4 is 11.6 Å². The molecule has 0 saturated carbocycles. The topological polar surface area (TPSA) is 69.9 Å². The monoisotopic (exact) mass is 194 g/mol. The number of aliphatic hydroxyl groups is 3. The third-order valence-electron chi connectivity index (χ3n) is 1.87. The molecule has 1 aliphatic rings. The molecule has 0 spiro atoms. The van der Waals surface area contributed by atoms with E-state index in [1.54, 1.807) is 0 Å². The van der Waals surface area contributed by atoms with Gasteiger partial charge in [0.15, 0.2) is 0 Å². The average molecular weight is 195 g/mol. The Morgan fingerprint density at radius 2 is 2.00 bits per heavy atom. The molecule has 1 heterocycles. The lowest BCUT2D eigenvalue weighted by Gasteiger charge is -2.18. The number of halogens is 1. The van der Waals surface area contributed by atoms with Gasteiger partial charge in [-0.05, 0) is 6.92 Å². The van der Waals surface area contributed by atoms with Crippen molar-refractivity contribution in [2.45, 2.75) is 30.5 Å². The summed E-state index contributed by atoms with van der Waals surface area (Å²) in [5, 5.41) is 27.6. The van der Waals surface area contributed by atoms with Crippen LogP contribution >= 0.6 is 11.6 Å². The first kappa shape index (κ1) is 10.2. The standard InChI is InChI=1S/C7H11ClO4/c1-3-5(10)6(11)7(12-3)4(9)2-8/h1,3-7,9-11H,2H2/t3-,4?,5?,6+,7-/m0/s1. The van der Waals surface area contributed by atoms with Crippen LogP contribution in [0.3, 0.4) is 0 Å². The Morgan fingerprint density at radius 1 is 1.42 bits per heavy atom. The molecule has 1 saturated heterocycles. The Morgan fingerprint density at radius 3 is 2.33 bits per heavy atom. The van der Waals surface area contributed by atoms with Gasteiger partial charge in [0, 0.05) is 0 Å². The van der Waals surface area contributed by atoms with E-state index >= 15 is 0 Å². The molecular formula is C7H11ClO4. The summed E-state index contributed by atoms with van der Waals surface area (Å²) >= 11 is 5.33. The number of aliphatic hydroxyl groups excluding tert-OH is 3. The van der Waals surface area contributed by atoms with Crippen LogP contribution in [0, 0.1) is 6.92 Å². The van der Waals surface area contributed by atoms with Gasteiger partial charge in [-0.15, -0.1) is 11.6 Å². The molecule has 70 valence electrons. The van der Waals surface area contributed by atoms with Gasteiger partial charge in [-0.3, -0.25) is 0 Å². The summed E-state index contributed by atoms with van der Waals surface area (Å²) < 4.78 is 4.88. The van der Waals surface area contributed by atoms with Crippen molar-refractivity contribution < 1.29 is 20.1 Å². The fourth-order valence-electron chi connectivity index (χ4n) is 1.14. The van der Waals surface area contributed by atoms with Gasteiger partial charge in [0.25, 0.3) is 0 Å². The molecule has 0 aliphatic carbocycles. The van der Waals surface area contributed by atoms with E-state index in [0.717, 1.165) is 0 Å². The predicted molar refractivity (Wildman–Crippen MR) is 41.7 cm³/mol. The first-order valence-corrected chi connectivity index (χ1v) is 4.12. The highest BCUT2D eigenvalue weighted by Gasteiger charge is 2.43. The van der Waals surface area contributed by atoms with Gasteiger partial charge in [0.05, 0.1) is 18.1 Å². The quantitative estimate of drug-likeness (QED) is 0.483. The van der Waals surface area contributed by atoms with E-state index in [4.69, 9.17) is 28.4 Å². The van der Waals surface area contributed by atoms with Crippen molar-refractivity contribution in [1.82, 2.24) is 0 Å². The molecule has 5 heteroatoms. The minimum Gasteiger partial charge on any atom is -0.389 e. The normalized spacial score (nSPS) is 44.8. The van der Waals surface area contributed by atoms with Crippen molar-refractivity contribution in [3.05, 3.63) is 6.92 Å². The van der Waals surface area contributed by atoms with Crippen LogP contribution in [0.5, 0.6) is 0 Å². The number of hydrogen-bond donors (Lipinski definition) is 3. The minimum atomic E-state index is -1.17. The maximum atomic E-state index is 9.26. The van der Waals surface area contributed by atoms with E-state index in [0.29, 0.717) is 0 Å². The fraction of sp³-hybridized carbons (Fsp3) is 0.857. The summed E-state index contributed by atoms with van der Waals surface area (Å²) in [6.07, 6.45) is -5.19. The molecule has 0 aromatic heterocycles. The Labute approximate surface area is 75.7 Å². The molecule has 12 heavy (non-hydrogen) atoms. The van der Waals surface area contributed by atoms with Gasteiger partial charge < -0.3 is 20.1 Å². The highest BCUT2D eigenvalue weighted by molar-refractivity contribution is 6.18. The third-order valence-corrected chi connectivity index (χ3v) is 2.19. The fourth-order valence-corrected chi connectivity index (χ4v) is 1.31. The smallest absolute Gasteiger partial charge is 0.113 e. The second-order valence-electron chi connectivity index (χ2n) is 2.77. The van der Waals surface area contributed by atoms with Crippen molar-refractivity contribution in [2.75, 3.05) is 5.88 Å². The van der Waals surface area contributed by atoms with Gasteiger partial charge >= 0.3 is 0 Å². The molecule has 5 atom stereocenters. The second-order valence-corrected chi connectivity index (χ2v) is 3.08. The lowest BCUT2D eigenvalue weighted by atomic mass is 10.1. The van der Waals surface area contributed by atoms with Crippen molar-refractivity contribution in [1.29, 1.82) is 0 Å². The zero-order valence-electron chi connectivity index (χ0n) is 6.30. The Bertz CT molecular complexity index is 154. The van der Waals surface area contributed by atoms with Gasteiger partial charge in [-0.2, -0.15) is 0 Å². The van der Waals surface area contributed by atoms with Crippen LogP contribution in [-0.4, -0.2) is 51.7 Å². The molecule has 1 fully saturated rings. The SMILES string of the molecule is [CH][C@@H]1O[C@@H](C(O)CCl)[C@H](O)C1O. The van der Waals surface area contributed by atoms with E-state index in [1.165, 1.54) is 0 Å². The molecule has 4 nitrogen and oxygen atoms in total. The van der Waals surface area contributed by atoms with E-state index < -0.39 is 30.5 Å². The van der Waals surface area contributed by atoms with Crippen molar-refractivity contribution in [3.63, 3.8) is 0 Å². The maximum Gasteiger partial charge on any atom is 0.113 e. The molecule has 0 aromatic rings. The molecule has 1 aliphatic heterocycles. The lowest BCUT2D eigenvalue weighted by molar-refractivity contribution is -0.0495. The van der Waals surface area contributed by atoms with Gasteiger partial charge in [-0.25, -0.2) is 0 Å². The summed E-state index contributed by atoms with van der Waals surface area (Å²) in [5.74, 6) is -0.0683. The molecule has 3 N–H and O–H groups in total. The largest absolute Gasteiger partial charge is 0.389 e. The van der Waals surface area contributed by atoms with Gasteiger partial charge in [-0.1, -0.05) is 0 Å². The summed E-state index contributed by atoms with van der Waals surface area (Å²) in [6.45, 7) is 5.27. The first-order chi connectivity index (χ1) is 5.57. The van der Waals surface area contributed by atoms with Crippen LogP contribution in [0.2, 0.25) is 0 Å². The minimum absolute atomic E-state index is 0.0683. The summed E-state index contributed by atoms with van der Waals surface area (Å²) in [4.78, 5) is 0. The van der Waals surface area contributed by atoms with Crippen LogP contribution < -0.4 is 0 Å². The summed E-state index contributed by atoms with van der Waals surface area (Å²) in [7, 11) is 0. The first-order valence-electron chi connectivity index (χ1n) is 3.59. The van der Waals surface area contributed by atoms with E-state index in [-0.39, 0.29) is 5.88 Å². The zero-order valence-corrected chi connectivity index (χ0v) is 7.05. The molecule has 0 bridgehead atoms. The van der Waals surface area contributed by atoms with E-state index in [2.05, 4.69) is 0 Å². The number of hydrogen-bond acceptors (Lipinski definition) is 4. The molecule has 2 radical (unpaired) electrons. The summed E-state index contributed by atoms with van der Waals surface area (Å²) in [5.41, 5.74) is 0. The lowest BCUT2D eigenvalue weighted by Crippen LogP contribution is -2.39. The predicted octanol–water partition coefficient (Wildman–Crippen LogP) is -1.21. The van der Waals surface area contributed by atoms with Crippen LogP contribution in [0.15, 0.2) is 0 Å². The average Bonchev–Trinajstić information content (AvgIpc) is 2.32. The highest BCUT2D eigenvalue weighted by Crippen LogP contribution is 2.23. The Hall–Kier alpha value is 0.130. The van der Waals surface area contributed by atoms with Gasteiger partial charge in [0.1, 0.15) is 18.3 Å². The molecule has 2 unspecified atom stereocenters.